The van der Waals surface area contributed by atoms with Crippen LogP contribution in [0.1, 0.15) is 64.5 Å². The third-order valence-corrected chi connectivity index (χ3v) is 9.73. The highest BCUT2D eigenvalue weighted by Crippen LogP contribution is 2.58. The molecule has 4 bridgehead atoms. The van der Waals surface area contributed by atoms with Gasteiger partial charge in [-0.25, -0.2) is 0 Å². The summed E-state index contributed by atoms with van der Waals surface area (Å²) in [6, 6.07) is 9.56. The fraction of sp³-hybridized carbons (Fsp3) is 0.769. The predicted molar refractivity (Wildman–Crippen MR) is 110 cm³/mol. The largest absolute Gasteiger partial charge is 0.0622 e. The average Bonchev–Trinajstić information content (AvgIpc) is 3.27. The van der Waals surface area contributed by atoms with E-state index >= 15 is 0 Å². The first kappa shape index (κ1) is 17.3. The molecule has 4 aliphatic carbocycles. The van der Waals surface area contributed by atoms with Crippen LogP contribution in [0.15, 0.2) is 24.3 Å². The second-order valence-corrected chi connectivity index (χ2v) is 11.0. The molecular weight excluding hydrogens is 312 g/mol. The van der Waals surface area contributed by atoms with Gasteiger partial charge in [0.1, 0.15) is 0 Å². The topological polar surface area (TPSA) is 0 Å². The van der Waals surface area contributed by atoms with Crippen molar-refractivity contribution in [2.45, 2.75) is 66.2 Å². The van der Waals surface area contributed by atoms with Gasteiger partial charge in [0.15, 0.2) is 0 Å². The number of hydrogen-bond acceptors (Lipinski definition) is 0. The van der Waals surface area contributed by atoms with Crippen LogP contribution in [0.3, 0.4) is 0 Å². The van der Waals surface area contributed by atoms with Crippen molar-refractivity contribution < 1.29 is 0 Å². The van der Waals surface area contributed by atoms with Gasteiger partial charge in [0, 0.05) is 0 Å². The Bertz CT molecular complexity index is 571. The highest BCUT2D eigenvalue weighted by atomic mass is 14.6. The van der Waals surface area contributed by atoms with E-state index in [1.165, 1.54) is 38.5 Å². The Balaban J connectivity index is 1.36. The normalized spacial score (nSPS) is 49.2. The van der Waals surface area contributed by atoms with Gasteiger partial charge in [0.05, 0.1) is 0 Å². The fourth-order valence-corrected chi connectivity index (χ4v) is 8.44. The van der Waals surface area contributed by atoms with Crippen LogP contribution in [0.4, 0.5) is 0 Å². The van der Waals surface area contributed by atoms with Gasteiger partial charge in [-0.2, -0.15) is 0 Å². The minimum absolute atomic E-state index is 0.972. The van der Waals surface area contributed by atoms with E-state index in [9.17, 15) is 0 Å². The molecule has 0 aliphatic heterocycles. The maximum Gasteiger partial charge on any atom is -0.0242 e. The van der Waals surface area contributed by atoms with Crippen LogP contribution >= 0.6 is 0 Å². The van der Waals surface area contributed by atoms with E-state index in [2.05, 4.69) is 52.0 Å². The first-order chi connectivity index (χ1) is 12.5. The standard InChI is InChI=1S/C26H38/c1-15-9-22-16(2)10-21(15)25(22)13-19-7-5-6-8-20(19)14-26-23-12-18(4)24(26)11-17(23)3/h5-8,15-18,21-26H,9-14H2,1-4H3/t15-,16-,17-,18-,21?,22?,23?,24?,25?,26?/m0/s1. The summed E-state index contributed by atoms with van der Waals surface area (Å²) in [5.41, 5.74) is 3.42. The van der Waals surface area contributed by atoms with Crippen LogP contribution in [0.25, 0.3) is 0 Å². The predicted octanol–water partition coefficient (Wildman–Crippen LogP) is 6.63. The van der Waals surface area contributed by atoms with Crippen molar-refractivity contribution >= 4 is 0 Å². The van der Waals surface area contributed by atoms with E-state index in [1.807, 2.05) is 0 Å². The van der Waals surface area contributed by atoms with Gasteiger partial charge in [-0.1, -0.05) is 52.0 Å². The zero-order valence-electron chi connectivity index (χ0n) is 17.3. The molecule has 26 heavy (non-hydrogen) atoms. The summed E-state index contributed by atoms with van der Waals surface area (Å²) < 4.78 is 0. The molecule has 0 nitrogen and oxygen atoms in total. The molecule has 0 amide bonds. The van der Waals surface area contributed by atoms with Crippen LogP contribution < -0.4 is 0 Å². The zero-order chi connectivity index (χ0) is 18.0. The second-order valence-electron chi connectivity index (χ2n) is 11.0. The van der Waals surface area contributed by atoms with Gasteiger partial charge in [0.2, 0.25) is 0 Å². The molecule has 0 spiro atoms. The lowest BCUT2D eigenvalue weighted by Crippen LogP contribution is -2.16. The maximum absolute atomic E-state index is 2.52. The van der Waals surface area contributed by atoms with Gasteiger partial charge in [-0.3, -0.25) is 0 Å². The molecule has 0 heterocycles. The van der Waals surface area contributed by atoms with Crippen molar-refractivity contribution in [1.29, 1.82) is 0 Å². The lowest BCUT2D eigenvalue weighted by molar-refractivity contribution is 0.288. The Kier molecular flexibility index (Phi) is 4.26. The summed E-state index contributed by atoms with van der Waals surface area (Å²) in [4.78, 5) is 0. The summed E-state index contributed by atoms with van der Waals surface area (Å²) in [5, 5.41) is 0. The van der Waals surface area contributed by atoms with Crippen LogP contribution in [-0.4, -0.2) is 0 Å². The van der Waals surface area contributed by atoms with E-state index in [1.54, 1.807) is 11.1 Å². The van der Waals surface area contributed by atoms with Crippen molar-refractivity contribution in [1.82, 2.24) is 0 Å². The molecule has 4 unspecified atom stereocenters. The lowest BCUT2D eigenvalue weighted by Gasteiger charge is -2.22. The second kappa shape index (κ2) is 6.39. The summed E-state index contributed by atoms with van der Waals surface area (Å²) >= 11 is 0. The molecule has 0 heteroatoms. The summed E-state index contributed by atoms with van der Waals surface area (Å²) in [6.07, 6.45) is 8.74. The van der Waals surface area contributed by atoms with Crippen molar-refractivity contribution in [3.05, 3.63) is 35.4 Å². The average molecular weight is 351 g/mol. The van der Waals surface area contributed by atoms with Crippen LogP contribution in [0, 0.1) is 59.2 Å². The number of benzene rings is 1. The highest BCUT2D eigenvalue weighted by Gasteiger charge is 2.51. The van der Waals surface area contributed by atoms with E-state index < -0.39 is 0 Å². The Labute approximate surface area is 161 Å². The van der Waals surface area contributed by atoms with Gasteiger partial charge < -0.3 is 0 Å². The van der Waals surface area contributed by atoms with E-state index in [0.717, 1.165) is 59.2 Å². The third kappa shape index (κ3) is 2.61. The molecule has 142 valence electrons. The van der Waals surface area contributed by atoms with E-state index in [4.69, 9.17) is 0 Å². The minimum atomic E-state index is 0.972. The molecule has 4 fully saturated rings. The van der Waals surface area contributed by atoms with Gasteiger partial charge in [0.25, 0.3) is 0 Å². The molecule has 1 aromatic carbocycles. The van der Waals surface area contributed by atoms with Crippen molar-refractivity contribution in [3.63, 3.8) is 0 Å². The Morgan fingerprint density at radius 1 is 0.577 bits per heavy atom. The summed E-state index contributed by atoms with van der Waals surface area (Å²) in [5.74, 6) is 9.86. The van der Waals surface area contributed by atoms with Gasteiger partial charge in [-0.05, 0) is 109 Å². The number of rotatable bonds is 4. The molecule has 5 rings (SSSR count). The molecule has 4 aliphatic rings. The Morgan fingerprint density at radius 3 is 1.19 bits per heavy atom. The SMILES string of the molecule is C[C@H]1CC2C(Cc3ccccc3CC3C4C[C@H](C)C3C[C@@H]4C)C1C[C@@H]2C. The number of hydrogen-bond donors (Lipinski definition) is 0. The number of fused-ring (bicyclic) bond motifs is 4. The Morgan fingerprint density at radius 2 is 0.885 bits per heavy atom. The van der Waals surface area contributed by atoms with Crippen LogP contribution in [0.5, 0.6) is 0 Å². The van der Waals surface area contributed by atoms with Crippen molar-refractivity contribution in [2.24, 2.45) is 59.2 Å². The minimum Gasteiger partial charge on any atom is -0.0622 e. The molecular formula is C26H38. The quantitative estimate of drug-likeness (QED) is 0.572. The first-order valence-corrected chi connectivity index (χ1v) is 11.6. The van der Waals surface area contributed by atoms with Gasteiger partial charge in [-0.15, -0.1) is 0 Å². The van der Waals surface area contributed by atoms with Gasteiger partial charge >= 0.3 is 0 Å². The lowest BCUT2D eigenvalue weighted by atomic mass is 9.82. The highest BCUT2D eigenvalue weighted by molar-refractivity contribution is 5.29. The van der Waals surface area contributed by atoms with Crippen molar-refractivity contribution in [3.8, 4) is 0 Å². The monoisotopic (exact) mass is 350 g/mol. The van der Waals surface area contributed by atoms with E-state index in [0.29, 0.717) is 0 Å². The van der Waals surface area contributed by atoms with Crippen molar-refractivity contribution in [2.75, 3.05) is 0 Å². The Hall–Kier alpha value is -0.780. The fourth-order valence-electron chi connectivity index (χ4n) is 8.44. The van der Waals surface area contributed by atoms with Crippen LogP contribution in [0.2, 0.25) is 0 Å². The zero-order valence-corrected chi connectivity index (χ0v) is 17.3. The molecule has 0 N–H and O–H groups in total. The first-order valence-electron chi connectivity index (χ1n) is 11.6. The molecule has 4 saturated carbocycles. The molecule has 0 radical (unpaired) electrons. The smallest absolute Gasteiger partial charge is 0.0242 e. The maximum atomic E-state index is 2.52. The molecule has 0 aromatic heterocycles. The molecule has 8 atom stereocenters. The summed E-state index contributed by atoms with van der Waals surface area (Å²) in [6.45, 7) is 10.1. The molecule has 0 saturated heterocycles. The molecule has 1 aromatic rings. The van der Waals surface area contributed by atoms with E-state index in [-0.39, 0.29) is 0 Å². The van der Waals surface area contributed by atoms with Crippen LogP contribution in [-0.2, 0) is 12.8 Å². The third-order valence-electron chi connectivity index (χ3n) is 9.73. The summed E-state index contributed by atoms with van der Waals surface area (Å²) in [7, 11) is 0.